The van der Waals surface area contributed by atoms with Gasteiger partial charge in [0.05, 0.1) is 0 Å². The van der Waals surface area contributed by atoms with Crippen LogP contribution in [0.5, 0.6) is 0 Å². The van der Waals surface area contributed by atoms with E-state index in [0.717, 1.165) is 23.7 Å². The van der Waals surface area contributed by atoms with Crippen LogP contribution in [0.2, 0.25) is 0 Å². The molecule has 1 fully saturated rings. The summed E-state index contributed by atoms with van der Waals surface area (Å²) in [5, 5.41) is 6.36. The Morgan fingerprint density at radius 2 is 2.11 bits per heavy atom. The average Bonchev–Trinajstić information content (AvgIpc) is 2.28. The molecular formula is C14H20N2OS. The zero-order valence-corrected chi connectivity index (χ0v) is 11.8. The Balaban J connectivity index is 1.89. The Hall–Kier alpha value is -1.00. The zero-order chi connectivity index (χ0) is 13.0. The van der Waals surface area contributed by atoms with Gasteiger partial charge in [0, 0.05) is 36.2 Å². The average molecular weight is 264 g/mol. The van der Waals surface area contributed by atoms with Gasteiger partial charge in [-0.05, 0) is 37.1 Å². The van der Waals surface area contributed by atoms with Crippen molar-refractivity contribution in [1.82, 2.24) is 5.32 Å². The van der Waals surface area contributed by atoms with Gasteiger partial charge in [0.15, 0.2) is 0 Å². The number of aryl methyl sites for hydroxylation is 2. The second-order valence-corrected chi connectivity index (χ2v) is 6.00. The highest BCUT2D eigenvalue weighted by Gasteiger charge is 2.16. The predicted octanol–water partition coefficient (Wildman–Crippen LogP) is 2.34. The standard InChI is InChI=1S/C14H20N2OS/c1-10-5-11(2)7-12(6-10)16-14(17)8-13-9-18-4-3-15-13/h5-7,13,15H,3-4,8-9H2,1-2H3,(H,16,17). The monoisotopic (exact) mass is 264 g/mol. The van der Waals surface area contributed by atoms with Crippen LogP contribution in [0.15, 0.2) is 18.2 Å². The van der Waals surface area contributed by atoms with E-state index in [1.807, 2.05) is 37.7 Å². The normalized spacial score (nSPS) is 19.6. The van der Waals surface area contributed by atoms with Gasteiger partial charge in [-0.1, -0.05) is 6.07 Å². The van der Waals surface area contributed by atoms with Crippen LogP contribution >= 0.6 is 11.8 Å². The Labute approximate surface area is 113 Å². The first-order valence-electron chi connectivity index (χ1n) is 6.33. The number of anilines is 1. The third-order valence-corrected chi connectivity index (χ3v) is 4.07. The molecule has 2 rings (SSSR count). The molecule has 3 nitrogen and oxygen atoms in total. The molecule has 1 amide bonds. The largest absolute Gasteiger partial charge is 0.326 e. The summed E-state index contributed by atoms with van der Waals surface area (Å²) in [6, 6.07) is 6.44. The summed E-state index contributed by atoms with van der Waals surface area (Å²) in [7, 11) is 0. The minimum atomic E-state index is 0.0972. The van der Waals surface area contributed by atoms with E-state index in [-0.39, 0.29) is 5.91 Å². The quantitative estimate of drug-likeness (QED) is 0.880. The molecular weight excluding hydrogens is 244 g/mol. The van der Waals surface area contributed by atoms with Gasteiger partial charge in [0.1, 0.15) is 0 Å². The van der Waals surface area contributed by atoms with Gasteiger partial charge >= 0.3 is 0 Å². The number of carbonyl (C=O) groups excluding carboxylic acids is 1. The number of carbonyl (C=O) groups is 1. The van der Waals surface area contributed by atoms with Gasteiger partial charge in [-0.25, -0.2) is 0 Å². The maximum atomic E-state index is 11.9. The van der Waals surface area contributed by atoms with E-state index in [4.69, 9.17) is 0 Å². The van der Waals surface area contributed by atoms with Crippen LogP contribution in [0.3, 0.4) is 0 Å². The smallest absolute Gasteiger partial charge is 0.225 e. The first kappa shape index (κ1) is 13.4. The van der Waals surface area contributed by atoms with E-state index in [1.165, 1.54) is 11.1 Å². The summed E-state index contributed by atoms with van der Waals surface area (Å²) in [6.07, 6.45) is 0.556. The molecule has 1 aliphatic rings. The molecule has 0 bridgehead atoms. The Morgan fingerprint density at radius 3 is 2.72 bits per heavy atom. The van der Waals surface area contributed by atoms with Gasteiger partial charge in [0.25, 0.3) is 0 Å². The minimum absolute atomic E-state index is 0.0972. The number of thioether (sulfide) groups is 1. The van der Waals surface area contributed by atoms with E-state index in [9.17, 15) is 4.79 Å². The van der Waals surface area contributed by atoms with Crippen molar-refractivity contribution in [2.24, 2.45) is 0 Å². The van der Waals surface area contributed by atoms with Crippen molar-refractivity contribution in [2.75, 3.05) is 23.4 Å². The molecule has 1 aromatic rings. The summed E-state index contributed by atoms with van der Waals surface area (Å²) in [6.45, 7) is 5.09. The third-order valence-electron chi connectivity index (χ3n) is 2.94. The predicted molar refractivity (Wildman–Crippen MR) is 78.3 cm³/mol. The molecule has 18 heavy (non-hydrogen) atoms. The van der Waals surface area contributed by atoms with Gasteiger partial charge < -0.3 is 10.6 Å². The summed E-state index contributed by atoms with van der Waals surface area (Å²) >= 11 is 1.91. The number of benzene rings is 1. The Kier molecular flexibility index (Phi) is 4.66. The van der Waals surface area contributed by atoms with Crippen molar-refractivity contribution in [3.63, 3.8) is 0 Å². The van der Waals surface area contributed by atoms with Crippen molar-refractivity contribution in [2.45, 2.75) is 26.3 Å². The maximum Gasteiger partial charge on any atom is 0.225 e. The van der Waals surface area contributed by atoms with Crippen molar-refractivity contribution in [1.29, 1.82) is 0 Å². The van der Waals surface area contributed by atoms with Gasteiger partial charge in [-0.2, -0.15) is 11.8 Å². The molecule has 98 valence electrons. The van der Waals surface area contributed by atoms with Crippen LogP contribution in [-0.2, 0) is 4.79 Å². The third kappa shape index (κ3) is 4.03. The van der Waals surface area contributed by atoms with Gasteiger partial charge in [-0.15, -0.1) is 0 Å². The molecule has 4 heteroatoms. The fraction of sp³-hybridized carbons (Fsp3) is 0.500. The summed E-state index contributed by atoms with van der Waals surface area (Å²) in [4.78, 5) is 11.9. The first-order chi connectivity index (χ1) is 8.63. The molecule has 0 aliphatic carbocycles. The fourth-order valence-corrected chi connectivity index (χ4v) is 3.18. The second-order valence-electron chi connectivity index (χ2n) is 4.85. The maximum absolute atomic E-state index is 11.9. The van der Waals surface area contributed by atoms with E-state index in [1.54, 1.807) is 0 Å². The first-order valence-corrected chi connectivity index (χ1v) is 7.48. The highest BCUT2D eigenvalue weighted by atomic mass is 32.2. The van der Waals surface area contributed by atoms with E-state index in [0.29, 0.717) is 12.5 Å². The number of hydrogen-bond donors (Lipinski definition) is 2. The van der Waals surface area contributed by atoms with Gasteiger partial charge in [0.2, 0.25) is 5.91 Å². The number of rotatable bonds is 3. The fourth-order valence-electron chi connectivity index (χ4n) is 2.23. The Morgan fingerprint density at radius 1 is 1.39 bits per heavy atom. The lowest BCUT2D eigenvalue weighted by Gasteiger charge is -2.22. The van der Waals surface area contributed by atoms with Crippen LogP contribution in [-0.4, -0.2) is 30.0 Å². The molecule has 0 aromatic heterocycles. The minimum Gasteiger partial charge on any atom is -0.326 e. The molecule has 1 atom stereocenters. The van der Waals surface area contributed by atoms with E-state index < -0.39 is 0 Å². The highest BCUT2D eigenvalue weighted by molar-refractivity contribution is 7.99. The molecule has 2 N–H and O–H groups in total. The SMILES string of the molecule is Cc1cc(C)cc(NC(=O)CC2CSCCN2)c1. The zero-order valence-electron chi connectivity index (χ0n) is 11.0. The van der Waals surface area contributed by atoms with Crippen molar-refractivity contribution >= 4 is 23.4 Å². The highest BCUT2D eigenvalue weighted by Crippen LogP contribution is 2.15. The Bertz CT molecular complexity index is 408. The summed E-state index contributed by atoms with van der Waals surface area (Å²) < 4.78 is 0. The van der Waals surface area contributed by atoms with Gasteiger partial charge in [-0.3, -0.25) is 4.79 Å². The lowest BCUT2D eigenvalue weighted by Crippen LogP contribution is -2.39. The molecule has 1 heterocycles. The topological polar surface area (TPSA) is 41.1 Å². The number of hydrogen-bond acceptors (Lipinski definition) is 3. The van der Waals surface area contributed by atoms with Crippen LogP contribution in [0.25, 0.3) is 0 Å². The molecule has 0 saturated carbocycles. The van der Waals surface area contributed by atoms with Crippen LogP contribution < -0.4 is 10.6 Å². The van der Waals surface area contributed by atoms with Crippen molar-refractivity contribution < 1.29 is 4.79 Å². The second kappa shape index (κ2) is 6.25. The molecule has 1 unspecified atom stereocenters. The lowest BCUT2D eigenvalue weighted by atomic mass is 10.1. The number of nitrogens with one attached hydrogen (secondary N) is 2. The molecule has 1 saturated heterocycles. The molecule has 1 aliphatic heterocycles. The summed E-state index contributed by atoms with van der Waals surface area (Å²) in [5.41, 5.74) is 3.26. The van der Waals surface area contributed by atoms with Crippen molar-refractivity contribution in [3.05, 3.63) is 29.3 Å². The van der Waals surface area contributed by atoms with Crippen LogP contribution in [0.4, 0.5) is 5.69 Å². The summed E-state index contributed by atoms with van der Waals surface area (Å²) in [5.74, 6) is 2.27. The molecule has 1 aromatic carbocycles. The molecule has 0 spiro atoms. The van der Waals surface area contributed by atoms with E-state index in [2.05, 4.69) is 16.7 Å². The van der Waals surface area contributed by atoms with E-state index >= 15 is 0 Å². The van der Waals surface area contributed by atoms with Crippen molar-refractivity contribution in [3.8, 4) is 0 Å². The number of amides is 1. The lowest BCUT2D eigenvalue weighted by molar-refractivity contribution is -0.116. The van der Waals surface area contributed by atoms with Crippen LogP contribution in [0, 0.1) is 13.8 Å². The molecule has 0 radical (unpaired) electrons. The van der Waals surface area contributed by atoms with Crippen LogP contribution in [0.1, 0.15) is 17.5 Å².